The number of nitrogens with one attached hydrogen (secondary N) is 2. The van der Waals surface area contributed by atoms with Crippen molar-refractivity contribution in [3.8, 4) is 11.1 Å². The largest absolute Gasteiger partial charge is 0.501 e. The maximum atomic E-state index is 13.5. The van der Waals surface area contributed by atoms with Crippen molar-refractivity contribution >= 4 is 116 Å². The average molecular weight is 1810 g/mol. The number of allylic oxidation sites excluding steroid dienone is 1. The Hall–Kier alpha value is -8.58. The van der Waals surface area contributed by atoms with Gasteiger partial charge in [-0.1, -0.05) is 146 Å². The van der Waals surface area contributed by atoms with Gasteiger partial charge in [0.25, 0.3) is 21.4 Å². The molecule has 9 aromatic carbocycles. The third-order valence-corrected chi connectivity index (χ3v) is 29.2. The third-order valence-electron chi connectivity index (χ3n) is 22.6. The fourth-order valence-electron chi connectivity index (χ4n) is 15.8. The highest BCUT2D eigenvalue weighted by molar-refractivity contribution is 7.99. The zero-order valence-corrected chi connectivity index (χ0v) is 76.1. The fraction of sp³-hybridized carbons (Fsp3) is 0.383. The van der Waals surface area contributed by atoms with Crippen molar-refractivity contribution in [1.29, 1.82) is 0 Å². The summed E-state index contributed by atoms with van der Waals surface area (Å²) in [6, 6.07) is 66.6. The molecule has 0 radical (unpaired) electrons. The molecule has 0 saturated carbocycles. The number of anilines is 3. The number of rotatable bonds is 32. The van der Waals surface area contributed by atoms with Gasteiger partial charge in [-0.2, -0.15) is 13.2 Å². The number of halogens is 5. The molecule has 0 spiro atoms. The summed E-state index contributed by atoms with van der Waals surface area (Å²) in [7, 11) is -9.20. The third kappa shape index (κ3) is 28.5. The number of benzene rings is 9. The summed E-state index contributed by atoms with van der Waals surface area (Å²) in [5.41, 5.74) is 6.18. The van der Waals surface area contributed by atoms with E-state index in [4.69, 9.17) is 23.2 Å². The SMILES string of the molecule is CC1(C)CCC(c2ccc(Cl)cc2)=C(CN2CCN(c3ccc(C(=O)NS(C)(=O)=O)cc3)CC2)C1.CN(C)CCC(CSc1ccccc1)Cc1ccc(S(=O)(=O)CC(=O)c2ccc(N3CCN(Cc4ccccc4-c4ccc(Cl)cc4)CC3)cc2)cc1[N+](=O)[O-].Cc1ccc(N[C@H](CCN2CCCCC2)CSc2ccccc2)c(S(=O)(=O)C(F)(F)F)c1. The quantitative estimate of drug-likeness (QED) is 0.0173. The van der Waals surface area contributed by atoms with E-state index >= 15 is 0 Å². The monoisotopic (exact) mass is 1810 g/mol. The number of amides is 1. The van der Waals surface area contributed by atoms with E-state index in [2.05, 4.69) is 85.0 Å². The molecule has 1 amide bonds. The number of ketones is 1. The van der Waals surface area contributed by atoms with Crippen LogP contribution in [0.25, 0.3) is 16.7 Å². The number of thioether (sulfide) groups is 2. The lowest BCUT2D eigenvalue weighted by Crippen LogP contribution is -2.47. The second-order valence-corrected chi connectivity index (χ2v) is 41.7. The van der Waals surface area contributed by atoms with E-state index in [-0.39, 0.29) is 33.8 Å². The van der Waals surface area contributed by atoms with Crippen LogP contribution in [0.5, 0.6) is 0 Å². The Morgan fingerprint density at radius 2 is 1.15 bits per heavy atom. The summed E-state index contributed by atoms with van der Waals surface area (Å²) >= 11 is 15.6. The van der Waals surface area contributed by atoms with Gasteiger partial charge in [-0.15, -0.1) is 23.5 Å². The number of hydrogen-bond donors (Lipinski definition) is 2. The highest BCUT2D eigenvalue weighted by Crippen LogP contribution is 2.44. The van der Waals surface area contributed by atoms with Crippen LogP contribution in [-0.2, 0) is 42.7 Å². The number of hydrogen-bond acceptors (Lipinski definition) is 19. The van der Waals surface area contributed by atoms with Gasteiger partial charge >= 0.3 is 5.51 Å². The van der Waals surface area contributed by atoms with Gasteiger partial charge in [0.15, 0.2) is 15.6 Å². The number of nitro groups is 1. The summed E-state index contributed by atoms with van der Waals surface area (Å²) in [5, 5.41) is 16.8. The van der Waals surface area contributed by atoms with Crippen molar-refractivity contribution in [2.75, 3.05) is 138 Å². The van der Waals surface area contributed by atoms with Crippen LogP contribution in [0.4, 0.5) is 35.9 Å². The highest BCUT2D eigenvalue weighted by atomic mass is 35.5. The summed E-state index contributed by atoms with van der Waals surface area (Å²) in [5.74, 6) is -0.451. The number of piperazine rings is 2. The van der Waals surface area contributed by atoms with Crippen molar-refractivity contribution in [2.45, 2.75) is 116 Å². The van der Waals surface area contributed by atoms with Crippen molar-refractivity contribution in [3.63, 3.8) is 0 Å². The van der Waals surface area contributed by atoms with Gasteiger partial charge in [0.1, 0.15) is 5.75 Å². The van der Waals surface area contributed by atoms with Crippen LogP contribution in [0, 0.1) is 28.4 Å². The minimum Gasteiger partial charge on any atom is -0.380 e. The zero-order chi connectivity index (χ0) is 88.1. The Kier molecular flexibility index (Phi) is 34.0. The molecule has 656 valence electrons. The predicted octanol–water partition coefficient (Wildman–Crippen LogP) is 19.3. The molecule has 0 aromatic heterocycles. The van der Waals surface area contributed by atoms with Gasteiger partial charge in [-0.25, -0.2) is 30.0 Å². The summed E-state index contributed by atoms with van der Waals surface area (Å²) < 4.78 is 116. The number of piperidine rings is 1. The topological polar surface area (TPSA) is 223 Å². The Balaban J connectivity index is 0.000000190. The molecule has 1 aliphatic carbocycles. The molecule has 4 aliphatic rings. The molecule has 3 saturated heterocycles. The summed E-state index contributed by atoms with van der Waals surface area (Å²) in [4.78, 5) is 52.3. The number of nitro benzene ring substituents is 1. The van der Waals surface area contributed by atoms with E-state index in [0.29, 0.717) is 45.7 Å². The number of sulfone groups is 2. The first kappa shape index (κ1) is 95.1. The normalized spacial score (nSPS) is 16.2. The van der Waals surface area contributed by atoms with Gasteiger partial charge in [-0.3, -0.25) is 29.5 Å². The molecular weight excluding hydrogens is 1700 g/mol. The molecule has 19 nitrogen and oxygen atoms in total. The first-order chi connectivity index (χ1) is 58.6. The standard InChI is InChI=1S/C44H47ClN4O5S2.C27H34ClN3O3S.C23H29F3N2O2S2/c1-46(2)23-22-33(31-55-40-9-4-3-5-10-40)28-36-16-21-41(29-43(36)49(51)52)56(53,54)32-44(50)35-14-19-39(20-15-35)48-26-24-47(25-27-48)30-37-8-6-7-11-42(37)34-12-17-38(45)18-13-34;1-27(2)13-12-25(20-4-8-23(28)9-5-20)22(18-27)19-30-14-16-31(17-15-30)24-10-6-21(7-11-24)26(32)29-35(3,33)34;1-18-10-11-21(22(16-18)32(29,30)23(24,25)26)27-19(12-15-28-13-6-3-7-14-28)17-31-20-8-4-2-5-9-20/h3-21,29,33H,22-28,30-32H2,1-2H3;4-11H,12-19H2,1-3H3,(H,29,32);2,4-5,8-11,16,19,27H,3,6-7,12-15,17H2,1H3/t;;19-/m..1/s1. The number of aryl methyl sites for hydroxylation is 1. The molecule has 3 heterocycles. The van der Waals surface area contributed by atoms with Crippen molar-refractivity contribution in [1.82, 2.24) is 24.3 Å². The minimum atomic E-state index is -5.46. The number of likely N-dealkylation sites (tertiary alicyclic amines) is 1. The number of carbonyl (C=O) groups is 2. The van der Waals surface area contributed by atoms with Gasteiger partial charge < -0.3 is 24.9 Å². The van der Waals surface area contributed by atoms with E-state index in [1.54, 1.807) is 66.4 Å². The van der Waals surface area contributed by atoms with E-state index in [0.717, 1.165) is 180 Å². The van der Waals surface area contributed by atoms with Crippen LogP contribution in [0.3, 0.4) is 0 Å². The van der Waals surface area contributed by atoms with Gasteiger partial charge in [0.05, 0.1) is 26.7 Å². The van der Waals surface area contributed by atoms with Gasteiger partial charge in [-0.05, 0) is 252 Å². The second kappa shape index (κ2) is 44.0. The zero-order valence-electron chi connectivity index (χ0n) is 70.5. The van der Waals surface area contributed by atoms with Crippen molar-refractivity contribution in [3.05, 3.63) is 278 Å². The first-order valence-electron chi connectivity index (χ1n) is 41.5. The Bertz CT molecular complexity index is 5410. The molecule has 123 heavy (non-hydrogen) atoms. The summed E-state index contributed by atoms with van der Waals surface area (Å²) in [6.07, 6.45) is 9.89. The lowest BCUT2D eigenvalue weighted by Gasteiger charge is -2.39. The average Bonchev–Trinajstić information content (AvgIpc) is 0.814. The molecule has 0 bridgehead atoms. The maximum absolute atomic E-state index is 13.5. The lowest BCUT2D eigenvalue weighted by molar-refractivity contribution is -0.385. The molecule has 29 heteroatoms. The predicted molar refractivity (Wildman–Crippen MR) is 495 cm³/mol. The van der Waals surface area contributed by atoms with E-state index in [1.165, 1.54) is 53.3 Å². The first-order valence-corrected chi connectivity index (χ1v) is 49.3. The molecule has 2 N–H and O–H groups in total. The highest BCUT2D eigenvalue weighted by Gasteiger charge is 2.48. The van der Waals surface area contributed by atoms with Gasteiger partial charge in [0, 0.05) is 144 Å². The van der Waals surface area contributed by atoms with Crippen LogP contribution in [0.1, 0.15) is 108 Å². The molecule has 9 aromatic rings. The number of sulfonamides is 1. The van der Waals surface area contributed by atoms with Crippen LogP contribution < -0.4 is 19.8 Å². The molecule has 2 atom stereocenters. The molecular formula is C94H110Cl2F3N9O10S5. The number of carbonyl (C=O) groups excluding carboxylic acids is 2. The van der Waals surface area contributed by atoms with Crippen LogP contribution >= 0.6 is 46.7 Å². The lowest BCUT2D eigenvalue weighted by atomic mass is 9.73. The Labute approximate surface area is 742 Å². The summed E-state index contributed by atoms with van der Waals surface area (Å²) in [6.45, 7) is 18.9. The smallest absolute Gasteiger partial charge is 0.380 e. The fourth-order valence-corrected chi connectivity index (χ4v) is 20.8. The van der Waals surface area contributed by atoms with Crippen LogP contribution in [0.15, 0.2) is 244 Å². The van der Waals surface area contributed by atoms with E-state index < -0.39 is 62.5 Å². The Morgan fingerprint density at radius 1 is 0.602 bits per heavy atom. The number of nitrogens with zero attached hydrogens (tertiary/aromatic N) is 7. The maximum Gasteiger partial charge on any atom is 0.501 e. The minimum absolute atomic E-state index is 0.00484. The van der Waals surface area contributed by atoms with Crippen molar-refractivity contribution in [2.24, 2.45) is 11.3 Å². The molecule has 1 unspecified atom stereocenters. The number of alkyl halides is 3. The van der Waals surface area contributed by atoms with Crippen LogP contribution in [0.2, 0.25) is 10.0 Å². The molecule has 3 fully saturated rings. The molecule has 3 aliphatic heterocycles. The van der Waals surface area contributed by atoms with E-state index in [1.807, 2.05) is 140 Å². The molecule has 13 rings (SSSR count). The number of Topliss-reactive ketones (excluding diaryl/α,β-unsaturated/α-hetero) is 1. The second-order valence-electron chi connectivity index (χ2n) is 33.0. The van der Waals surface area contributed by atoms with Crippen LogP contribution in [-0.4, -0.2) is 196 Å². The van der Waals surface area contributed by atoms with Crippen molar-refractivity contribution < 1.29 is 52.9 Å². The van der Waals surface area contributed by atoms with E-state index in [9.17, 15) is 58.1 Å². The Morgan fingerprint density at radius 3 is 1.71 bits per heavy atom. The van der Waals surface area contributed by atoms with Gasteiger partial charge in [0.2, 0.25) is 10.0 Å².